The van der Waals surface area contributed by atoms with Crippen molar-refractivity contribution in [2.24, 2.45) is 4.36 Å². The molecular formula is C25H24F2N4O4S2. The largest absolute Gasteiger partial charge is 0.345 e. The molecule has 0 amide bonds. The van der Waals surface area contributed by atoms with E-state index in [4.69, 9.17) is 0 Å². The maximum Gasteiger partial charge on any atom is 0.232 e. The lowest BCUT2D eigenvalue weighted by atomic mass is 10.00. The zero-order chi connectivity index (χ0) is 27.0. The molecule has 0 unspecified atom stereocenters. The lowest BCUT2D eigenvalue weighted by Gasteiger charge is -2.11. The molecule has 12 heteroatoms. The predicted octanol–water partition coefficient (Wildman–Crippen LogP) is 5.25. The molecule has 0 aliphatic carbocycles. The van der Waals surface area contributed by atoms with Crippen LogP contribution in [-0.2, 0) is 19.8 Å². The third-order valence-corrected chi connectivity index (χ3v) is 7.49. The van der Waals surface area contributed by atoms with Gasteiger partial charge < -0.3 is 4.98 Å². The van der Waals surface area contributed by atoms with Crippen LogP contribution in [0.5, 0.6) is 0 Å². The van der Waals surface area contributed by atoms with Crippen molar-refractivity contribution < 1.29 is 26.2 Å². The van der Waals surface area contributed by atoms with Gasteiger partial charge in [0.15, 0.2) is 5.82 Å². The minimum Gasteiger partial charge on any atom is -0.345 e. The predicted molar refractivity (Wildman–Crippen MR) is 141 cm³/mol. The molecule has 0 aliphatic heterocycles. The number of sulfonamides is 1. The van der Waals surface area contributed by atoms with E-state index >= 15 is 4.39 Å². The van der Waals surface area contributed by atoms with Crippen molar-refractivity contribution in [2.45, 2.75) is 13.3 Å². The van der Waals surface area contributed by atoms with Gasteiger partial charge in [-0.1, -0.05) is 19.1 Å². The van der Waals surface area contributed by atoms with Crippen molar-refractivity contribution in [3.63, 3.8) is 0 Å². The number of carbonyl (C=O) groups is 1. The molecule has 0 fully saturated rings. The normalized spacial score (nSPS) is 12.0. The summed E-state index contributed by atoms with van der Waals surface area (Å²) in [7, 11) is -6.18. The van der Waals surface area contributed by atoms with Gasteiger partial charge in [-0.2, -0.15) is 4.36 Å². The van der Waals surface area contributed by atoms with Gasteiger partial charge in [-0.05, 0) is 42.3 Å². The molecule has 0 bridgehead atoms. The Morgan fingerprint density at radius 2 is 1.76 bits per heavy atom. The van der Waals surface area contributed by atoms with Crippen LogP contribution in [0.15, 0.2) is 59.2 Å². The third kappa shape index (κ3) is 5.86. The first-order valence-corrected chi connectivity index (χ1v) is 15.1. The number of fused-ring (bicyclic) bond motifs is 1. The smallest absolute Gasteiger partial charge is 0.232 e. The second kappa shape index (κ2) is 10.0. The highest BCUT2D eigenvalue weighted by molar-refractivity contribution is 7.92. The van der Waals surface area contributed by atoms with Crippen molar-refractivity contribution in [2.75, 3.05) is 23.0 Å². The summed E-state index contributed by atoms with van der Waals surface area (Å²) < 4.78 is 72.2. The van der Waals surface area contributed by atoms with Crippen molar-refractivity contribution in [1.29, 1.82) is 0 Å². The third-order valence-electron chi connectivity index (χ3n) is 5.36. The van der Waals surface area contributed by atoms with Crippen LogP contribution in [0.2, 0.25) is 0 Å². The van der Waals surface area contributed by atoms with Crippen LogP contribution in [0.4, 0.5) is 20.2 Å². The number of ketones is 1. The van der Waals surface area contributed by atoms with Crippen LogP contribution < -0.4 is 4.72 Å². The van der Waals surface area contributed by atoms with Crippen LogP contribution in [-0.4, -0.2) is 46.6 Å². The van der Waals surface area contributed by atoms with Crippen LogP contribution in [0.25, 0.3) is 22.2 Å². The molecular weight excluding hydrogens is 522 g/mol. The number of nitrogens with one attached hydrogen (secondary N) is 2. The second-order valence-electron chi connectivity index (χ2n) is 8.68. The van der Waals surface area contributed by atoms with E-state index < -0.39 is 48.4 Å². The molecule has 2 aromatic carbocycles. The Hall–Kier alpha value is -3.64. The van der Waals surface area contributed by atoms with Gasteiger partial charge in [-0.25, -0.2) is 26.4 Å². The zero-order valence-corrected chi connectivity index (χ0v) is 21.8. The summed E-state index contributed by atoms with van der Waals surface area (Å²) in [5, 5.41) is 0.331. The summed E-state index contributed by atoms with van der Waals surface area (Å²) in [4.78, 5) is 20.4. The van der Waals surface area contributed by atoms with E-state index in [9.17, 15) is 21.8 Å². The van der Waals surface area contributed by atoms with Crippen LogP contribution in [0.1, 0.15) is 29.3 Å². The quantitative estimate of drug-likeness (QED) is 0.293. The molecule has 37 heavy (non-hydrogen) atoms. The average molecular weight is 547 g/mol. The van der Waals surface area contributed by atoms with Crippen molar-refractivity contribution in [3.05, 3.63) is 77.6 Å². The molecule has 0 radical (unpaired) electrons. The SMILES string of the molecule is CCCS(=O)(=O)Nc1ccc(F)c(C(=O)c2c[nH]c3ncc(-c4ccc(N=S(C)(C)=O)cc4)cc23)c1F. The van der Waals surface area contributed by atoms with Gasteiger partial charge in [0.25, 0.3) is 0 Å². The fraction of sp³-hybridized carbons (Fsp3) is 0.200. The Morgan fingerprint density at radius 3 is 2.41 bits per heavy atom. The molecule has 4 rings (SSSR count). The highest BCUT2D eigenvalue weighted by atomic mass is 32.2. The lowest BCUT2D eigenvalue weighted by Crippen LogP contribution is -2.18. The molecule has 194 valence electrons. The van der Waals surface area contributed by atoms with Gasteiger partial charge in [-0.3, -0.25) is 9.52 Å². The number of nitrogens with zero attached hydrogens (tertiary/aromatic N) is 2. The van der Waals surface area contributed by atoms with Gasteiger partial charge >= 0.3 is 0 Å². The number of halogens is 2. The molecule has 0 atom stereocenters. The molecule has 2 heterocycles. The summed E-state index contributed by atoms with van der Waals surface area (Å²) in [6.45, 7) is 1.65. The Kier molecular flexibility index (Phi) is 7.16. The number of aromatic amines is 1. The zero-order valence-electron chi connectivity index (χ0n) is 20.2. The van der Waals surface area contributed by atoms with Crippen LogP contribution in [0, 0.1) is 11.6 Å². The molecule has 4 aromatic rings. The average Bonchev–Trinajstić information content (AvgIpc) is 3.23. The van der Waals surface area contributed by atoms with Gasteiger partial charge in [0.2, 0.25) is 15.8 Å². The number of benzene rings is 2. The minimum atomic E-state index is -3.86. The summed E-state index contributed by atoms with van der Waals surface area (Å²) in [6, 6.07) is 10.4. The van der Waals surface area contributed by atoms with Crippen LogP contribution in [0.3, 0.4) is 0 Å². The molecule has 2 aromatic heterocycles. The maximum absolute atomic E-state index is 15.2. The van der Waals surface area contributed by atoms with Crippen molar-refractivity contribution in [1.82, 2.24) is 9.97 Å². The van der Waals surface area contributed by atoms with E-state index in [1.54, 1.807) is 43.5 Å². The Bertz CT molecular complexity index is 1730. The lowest BCUT2D eigenvalue weighted by molar-refractivity contribution is 0.103. The maximum atomic E-state index is 15.2. The highest BCUT2D eigenvalue weighted by Crippen LogP contribution is 2.30. The van der Waals surface area contributed by atoms with E-state index in [1.807, 2.05) is 0 Å². The second-order valence-corrected chi connectivity index (χ2v) is 13.1. The highest BCUT2D eigenvalue weighted by Gasteiger charge is 2.26. The Labute approximate surface area is 213 Å². The van der Waals surface area contributed by atoms with Gasteiger partial charge in [0.1, 0.15) is 11.5 Å². The first-order valence-electron chi connectivity index (χ1n) is 11.2. The van der Waals surface area contributed by atoms with Gasteiger partial charge in [-0.15, -0.1) is 0 Å². The van der Waals surface area contributed by atoms with E-state index in [2.05, 4.69) is 19.1 Å². The first kappa shape index (κ1) is 26.4. The molecule has 0 spiro atoms. The van der Waals surface area contributed by atoms with E-state index in [-0.39, 0.29) is 11.3 Å². The number of H-pyrrole nitrogens is 1. The summed E-state index contributed by atoms with van der Waals surface area (Å²) in [6.07, 6.45) is 6.24. The number of anilines is 1. The summed E-state index contributed by atoms with van der Waals surface area (Å²) >= 11 is 0. The van der Waals surface area contributed by atoms with Gasteiger partial charge in [0, 0.05) is 51.1 Å². The number of carbonyl (C=O) groups excluding carboxylic acids is 1. The fourth-order valence-electron chi connectivity index (χ4n) is 3.78. The molecule has 8 nitrogen and oxygen atoms in total. The van der Waals surface area contributed by atoms with Crippen molar-refractivity contribution >= 4 is 47.9 Å². The fourth-order valence-corrected chi connectivity index (χ4v) is 5.54. The summed E-state index contributed by atoms with van der Waals surface area (Å²) in [5.74, 6) is -3.64. The molecule has 0 saturated carbocycles. The number of rotatable bonds is 8. The van der Waals surface area contributed by atoms with E-state index in [0.29, 0.717) is 28.7 Å². The number of hydrogen-bond acceptors (Lipinski definition) is 6. The Balaban J connectivity index is 1.74. The standard InChI is InChI=1S/C25H24F2N4O4S2/c1-4-11-37(34,35)31-21-10-9-20(26)22(23(21)27)24(32)19-14-29-25-18(19)12-16(13-28-25)15-5-7-17(8-6-15)30-36(2,3)33/h5-10,12-14,31H,4,11H2,1-3H3,(H,28,29). The molecule has 0 aliphatic rings. The number of hydrogen-bond donors (Lipinski definition) is 2. The van der Waals surface area contributed by atoms with Crippen LogP contribution >= 0.6 is 0 Å². The number of aromatic nitrogens is 2. The van der Waals surface area contributed by atoms with E-state index in [0.717, 1.165) is 17.7 Å². The molecule has 2 N–H and O–H groups in total. The number of pyridine rings is 1. The van der Waals surface area contributed by atoms with E-state index in [1.165, 1.54) is 18.7 Å². The van der Waals surface area contributed by atoms with Crippen molar-refractivity contribution in [3.8, 4) is 11.1 Å². The Morgan fingerprint density at radius 1 is 1.05 bits per heavy atom. The van der Waals surface area contributed by atoms with Gasteiger partial charge in [0.05, 0.1) is 22.7 Å². The first-order chi connectivity index (χ1) is 17.4. The summed E-state index contributed by atoms with van der Waals surface area (Å²) in [5.41, 5.74) is 0.822. The molecule has 0 saturated heterocycles. The topological polar surface area (TPSA) is 121 Å². The minimum absolute atomic E-state index is 0.0287. The monoisotopic (exact) mass is 546 g/mol.